The van der Waals surface area contributed by atoms with Crippen molar-refractivity contribution in [3.8, 4) is 0 Å². The van der Waals surface area contributed by atoms with Crippen molar-refractivity contribution in [1.29, 1.82) is 0 Å². The highest BCUT2D eigenvalue weighted by Gasteiger charge is 2.29. The summed E-state index contributed by atoms with van der Waals surface area (Å²) in [6, 6.07) is 0.149. The van der Waals surface area contributed by atoms with Crippen LogP contribution in [0.1, 0.15) is 45.4 Å². The molecule has 0 saturated heterocycles. The Kier molecular flexibility index (Phi) is 4.39. The van der Waals surface area contributed by atoms with E-state index in [1.165, 1.54) is 0 Å². The Labute approximate surface area is 118 Å². The Morgan fingerprint density at radius 1 is 1.50 bits per heavy atom. The minimum atomic E-state index is -0.833. The molecular weight excluding hydrogens is 260 g/mol. The monoisotopic (exact) mass is 282 g/mol. The van der Waals surface area contributed by atoms with Crippen LogP contribution in [0, 0.1) is 0 Å². The maximum Gasteiger partial charge on any atom is 0.322 e. The van der Waals surface area contributed by atoms with Crippen LogP contribution in [-0.4, -0.2) is 51.3 Å². The van der Waals surface area contributed by atoms with Gasteiger partial charge in [0.05, 0.1) is 12.1 Å². The second-order valence-corrected chi connectivity index (χ2v) is 5.88. The Balaban J connectivity index is 1.83. The predicted molar refractivity (Wildman–Crippen MR) is 73.3 cm³/mol. The number of nitrogens with one attached hydrogen (secondary N) is 1. The summed E-state index contributed by atoms with van der Waals surface area (Å²) in [5.41, 5.74) is -0.833. The molecule has 1 fully saturated rings. The zero-order chi connectivity index (χ0) is 14.8. The molecule has 0 spiro atoms. The third-order valence-corrected chi connectivity index (χ3v) is 3.04. The van der Waals surface area contributed by atoms with E-state index in [1.807, 2.05) is 11.8 Å². The molecule has 20 heavy (non-hydrogen) atoms. The molecule has 2 N–H and O–H groups in total. The Bertz CT molecular complexity index is 462. The van der Waals surface area contributed by atoms with E-state index in [0.29, 0.717) is 24.9 Å². The standard InChI is InChI=1S/C13H22N4O3/c1-4-17(8-13(2,3)19)7-10(18)14-12-16-15-11(20-12)9-5-6-9/h9,19H,4-8H2,1-3H3,(H,14,16,18). The number of anilines is 1. The van der Waals surface area contributed by atoms with Crippen LogP contribution in [0.3, 0.4) is 0 Å². The molecule has 7 nitrogen and oxygen atoms in total. The van der Waals surface area contributed by atoms with E-state index in [4.69, 9.17) is 4.42 Å². The number of nitrogens with zero attached hydrogens (tertiary/aromatic N) is 3. The lowest BCUT2D eigenvalue weighted by atomic mass is 10.1. The van der Waals surface area contributed by atoms with Crippen LogP contribution in [0.2, 0.25) is 0 Å². The topological polar surface area (TPSA) is 91.5 Å². The molecule has 1 amide bonds. The van der Waals surface area contributed by atoms with Crippen LogP contribution in [-0.2, 0) is 4.79 Å². The molecule has 1 aliphatic carbocycles. The maximum atomic E-state index is 11.9. The van der Waals surface area contributed by atoms with Gasteiger partial charge in [-0.2, -0.15) is 0 Å². The van der Waals surface area contributed by atoms with Gasteiger partial charge in [0.2, 0.25) is 11.8 Å². The molecule has 0 aliphatic heterocycles. The van der Waals surface area contributed by atoms with Gasteiger partial charge in [0, 0.05) is 12.5 Å². The largest absolute Gasteiger partial charge is 0.408 e. The summed E-state index contributed by atoms with van der Waals surface area (Å²) in [5, 5.41) is 20.1. The quantitative estimate of drug-likeness (QED) is 0.774. The first-order chi connectivity index (χ1) is 9.37. The minimum Gasteiger partial charge on any atom is -0.408 e. The van der Waals surface area contributed by atoms with Crippen LogP contribution in [0.4, 0.5) is 6.01 Å². The lowest BCUT2D eigenvalue weighted by molar-refractivity contribution is -0.118. The first-order valence-electron chi connectivity index (χ1n) is 6.95. The summed E-state index contributed by atoms with van der Waals surface area (Å²) in [7, 11) is 0. The van der Waals surface area contributed by atoms with Crippen LogP contribution in [0.25, 0.3) is 0 Å². The second-order valence-electron chi connectivity index (χ2n) is 5.88. The Morgan fingerprint density at radius 3 is 2.75 bits per heavy atom. The Morgan fingerprint density at radius 2 is 2.20 bits per heavy atom. The number of likely N-dealkylation sites (N-methyl/N-ethyl adjacent to an activating group) is 1. The number of carbonyl (C=O) groups excluding carboxylic acids is 1. The van der Waals surface area contributed by atoms with E-state index in [2.05, 4.69) is 15.5 Å². The van der Waals surface area contributed by atoms with E-state index >= 15 is 0 Å². The van der Waals surface area contributed by atoms with Gasteiger partial charge in [-0.1, -0.05) is 12.0 Å². The summed E-state index contributed by atoms with van der Waals surface area (Å²) in [4.78, 5) is 13.8. The average molecular weight is 282 g/mol. The summed E-state index contributed by atoms with van der Waals surface area (Å²) in [6.07, 6.45) is 2.15. The molecule has 1 heterocycles. The summed E-state index contributed by atoms with van der Waals surface area (Å²) < 4.78 is 5.37. The van der Waals surface area contributed by atoms with Gasteiger partial charge in [0.15, 0.2) is 0 Å². The SMILES string of the molecule is CCN(CC(=O)Nc1nnc(C2CC2)o1)CC(C)(C)O. The minimum absolute atomic E-state index is 0.149. The van der Waals surface area contributed by atoms with Crippen molar-refractivity contribution in [2.24, 2.45) is 0 Å². The van der Waals surface area contributed by atoms with Gasteiger partial charge in [0.1, 0.15) is 0 Å². The van der Waals surface area contributed by atoms with Gasteiger partial charge in [-0.15, -0.1) is 5.10 Å². The summed E-state index contributed by atoms with van der Waals surface area (Å²) in [6.45, 7) is 6.65. The van der Waals surface area contributed by atoms with E-state index in [1.54, 1.807) is 13.8 Å². The molecule has 1 aromatic rings. The smallest absolute Gasteiger partial charge is 0.322 e. The van der Waals surface area contributed by atoms with Gasteiger partial charge in [-0.05, 0) is 33.2 Å². The predicted octanol–water partition coefficient (Wildman–Crippen LogP) is 0.978. The molecule has 0 bridgehead atoms. The third-order valence-electron chi connectivity index (χ3n) is 3.04. The van der Waals surface area contributed by atoms with Crippen molar-refractivity contribution in [3.05, 3.63) is 5.89 Å². The summed E-state index contributed by atoms with van der Waals surface area (Å²) in [5.74, 6) is 0.752. The highest BCUT2D eigenvalue weighted by atomic mass is 16.4. The molecule has 1 aromatic heterocycles. The van der Waals surface area contributed by atoms with Gasteiger partial charge < -0.3 is 9.52 Å². The maximum absolute atomic E-state index is 11.9. The number of carbonyl (C=O) groups is 1. The van der Waals surface area contributed by atoms with Crippen LogP contribution in [0.15, 0.2) is 4.42 Å². The molecule has 112 valence electrons. The fourth-order valence-electron chi connectivity index (χ4n) is 1.97. The average Bonchev–Trinajstić information content (AvgIpc) is 3.08. The number of aromatic nitrogens is 2. The fraction of sp³-hybridized carbons (Fsp3) is 0.769. The zero-order valence-corrected chi connectivity index (χ0v) is 12.2. The van der Waals surface area contributed by atoms with E-state index in [9.17, 15) is 9.90 Å². The number of rotatable bonds is 7. The highest BCUT2D eigenvalue weighted by molar-refractivity contribution is 5.90. The molecule has 0 aromatic carbocycles. The summed E-state index contributed by atoms with van der Waals surface area (Å²) >= 11 is 0. The highest BCUT2D eigenvalue weighted by Crippen LogP contribution is 2.39. The van der Waals surface area contributed by atoms with Crippen molar-refractivity contribution >= 4 is 11.9 Å². The van der Waals surface area contributed by atoms with Crippen LogP contribution >= 0.6 is 0 Å². The third kappa shape index (κ3) is 4.57. The van der Waals surface area contributed by atoms with Gasteiger partial charge >= 0.3 is 6.01 Å². The van der Waals surface area contributed by atoms with Crippen molar-refractivity contribution in [3.63, 3.8) is 0 Å². The fourth-order valence-corrected chi connectivity index (χ4v) is 1.97. The van der Waals surface area contributed by atoms with Crippen molar-refractivity contribution in [2.45, 2.75) is 45.1 Å². The van der Waals surface area contributed by atoms with Gasteiger partial charge in [-0.3, -0.25) is 15.0 Å². The zero-order valence-electron chi connectivity index (χ0n) is 12.2. The molecule has 2 rings (SSSR count). The first-order valence-corrected chi connectivity index (χ1v) is 6.95. The number of amides is 1. The first kappa shape index (κ1) is 14.9. The van der Waals surface area contributed by atoms with Crippen molar-refractivity contribution < 1.29 is 14.3 Å². The van der Waals surface area contributed by atoms with Crippen LogP contribution in [0.5, 0.6) is 0 Å². The van der Waals surface area contributed by atoms with Crippen molar-refractivity contribution in [2.75, 3.05) is 25.0 Å². The number of hydrogen-bond donors (Lipinski definition) is 2. The molecule has 0 radical (unpaired) electrons. The van der Waals surface area contributed by atoms with Gasteiger partial charge in [-0.25, -0.2) is 0 Å². The van der Waals surface area contributed by atoms with Gasteiger partial charge in [0.25, 0.3) is 0 Å². The van der Waals surface area contributed by atoms with E-state index in [-0.39, 0.29) is 18.5 Å². The van der Waals surface area contributed by atoms with E-state index in [0.717, 1.165) is 12.8 Å². The number of aliphatic hydroxyl groups is 1. The molecule has 0 unspecified atom stereocenters. The molecule has 0 atom stereocenters. The van der Waals surface area contributed by atoms with Crippen LogP contribution < -0.4 is 5.32 Å². The lowest BCUT2D eigenvalue weighted by Crippen LogP contribution is -2.42. The normalized spacial score (nSPS) is 15.7. The Hall–Kier alpha value is -1.47. The molecular formula is C13H22N4O3. The second kappa shape index (κ2) is 5.88. The van der Waals surface area contributed by atoms with Crippen molar-refractivity contribution in [1.82, 2.24) is 15.1 Å². The lowest BCUT2D eigenvalue weighted by Gasteiger charge is -2.27. The number of hydrogen-bond acceptors (Lipinski definition) is 6. The molecule has 1 saturated carbocycles. The molecule has 7 heteroatoms. The van der Waals surface area contributed by atoms with E-state index < -0.39 is 5.60 Å². The molecule has 1 aliphatic rings.